The third kappa shape index (κ3) is 9.32. The summed E-state index contributed by atoms with van der Waals surface area (Å²) in [5.41, 5.74) is -4.16. The number of carbonyl (C=O) groups excluding carboxylic acids is 1. The first-order valence-electron chi connectivity index (χ1n) is 20.4. The van der Waals surface area contributed by atoms with Crippen LogP contribution < -0.4 is 10.0 Å². The molecule has 0 bridgehead atoms. The number of rotatable bonds is 14. The number of anilines is 1. The lowest BCUT2D eigenvalue weighted by atomic mass is 9.93. The maximum absolute atomic E-state index is 15.6. The highest BCUT2D eigenvalue weighted by atomic mass is 127. The van der Waals surface area contributed by atoms with Crippen molar-refractivity contribution in [1.82, 2.24) is 29.9 Å². The first kappa shape index (κ1) is 48.8. The molecule has 0 radical (unpaired) electrons. The smallest absolute Gasteiger partial charge is 0.346 e. The van der Waals surface area contributed by atoms with Gasteiger partial charge >= 0.3 is 6.18 Å². The van der Waals surface area contributed by atoms with Gasteiger partial charge in [0.1, 0.15) is 40.9 Å². The third-order valence-corrected chi connectivity index (χ3v) is 17.0. The quantitative estimate of drug-likeness (QED) is 0.0635. The van der Waals surface area contributed by atoms with E-state index in [4.69, 9.17) is 16.6 Å². The Kier molecular flexibility index (Phi) is 12.5. The van der Waals surface area contributed by atoms with E-state index in [0.717, 1.165) is 16.8 Å². The molecule has 2 fully saturated rings. The van der Waals surface area contributed by atoms with Crippen molar-refractivity contribution in [3.8, 4) is 23.0 Å². The molecular weight excluding hydrogens is 1080 g/mol. The second kappa shape index (κ2) is 17.1. The summed E-state index contributed by atoms with van der Waals surface area (Å²) in [6.45, 7) is 1.75. The highest BCUT2D eigenvalue weighted by molar-refractivity contribution is 14.1. The number of hydrogen-bond donors (Lipinski definition) is 2. The number of fused-ring (bicyclic) bond motifs is 4. The van der Waals surface area contributed by atoms with Gasteiger partial charge in [-0.2, -0.15) is 32.1 Å². The molecule has 2 N–H and O–H groups in total. The summed E-state index contributed by atoms with van der Waals surface area (Å²) in [7, 11) is -7.90. The van der Waals surface area contributed by atoms with Gasteiger partial charge in [0, 0.05) is 32.2 Å². The Morgan fingerprint density at radius 2 is 1.69 bits per heavy atom. The molecular formula is C42H36ClF9IN7O5S2. The Morgan fingerprint density at radius 3 is 2.30 bits per heavy atom. The predicted octanol–water partition coefficient (Wildman–Crippen LogP) is 8.89. The van der Waals surface area contributed by atoms with Crippen LogP contribution in [-0.4, -0.2) is 69.5 Å². The van der Waals surface area contributed by atoms with E-state index >= 15 is 8.78 Å². The number of amides is 1. The molecule has 5 aromatic rings. The van der Waals surface area contributed by atoms with Gasteiger partial charge in [-0.3, -0.25) is 18.9 Å². The van der Waals surface area contributed by atoms with Gasteiger partial charge in [0.25, 0.3) is 12.3 Å². The maximum atomic E-state index is 15.6. The minimum Gasteiger partial charge on any atom is -0.346 e. The highest BCUT2D eigenvalue weighted by Gasteiger charge is 2.68. The van der Waals surface area contributed by atoms with Crippen LogP contribution in [0.2, 0.25) is 5.02 Å². The van der Waals surface area contributed by atoms with E-state index in [2.05, 4.69) is 32.1 Å². The van der Waals surface area contributed by atoms with Crippen LogP contribution in [0.15, 0.2) is 36.4 Å². The van der Waals surface area contributed by atoms with E-state index in [1.807, 2.05) is 22.6 Å². The number of nitrogens with one attached hydrogen (secondary N) is 2. The average molecular weight is 1120 g/mol. The third-order valence-electron chi connectivity index (χ3n) is 11.8. The lowest BCUT2D eigenvalue weighted by Gasteiger charge is -2.24. The predicted molar refractivity (Wildman–Crippen MR) is 236 cm³/mol. The summed E-state index contributed by atoms with van der Waals surface area (Å²) in [6, 6.07) is 4.74. The number of pyridine rings is 1. The van der Waals surface area contributed by atoms with Crippen LogP contribution in [0.25, 0.3) is 22.0 Å². The van der Waals surface area contributed by atoms with Gasteiger partial charge in [0.15, 0.2) is 21.3 Å². The second-order valence-corrected chi connectivity index (χ2v) is 23.3. The van der Waals surface area contributed by atoms with Crippen LogP contribution in [0.4, 0.5) is 45.3 Å². The Hall–Kier alpha value is -4.61. The largest absolute Gasteiger partial charge is 0.435 e. The summed E-state index contributed by atoms with van der Waals surface area (Å²) < 4.78 is 186. The molecule has 0 aliphatic heterocycles. The minimum atomic E-state index is -5.16. The molecule has 8 rings (SSSR count). The molecule has 3 aromatic heterocycles. The lowest BCUT2D eigenvalue weighted by molar-refractivity contribution is -0.142. The van der Waals surface area contributed by atoms with Crippen LogP contribution in [0.3, 0.4) is 0 Å². The molecule has 0 saturated heterocycles. The van der Waals surface area contributed by atoms with Crippen LogP contribution in [-0.2, 0) is 56.3 Å². The molecule has 1 amide bonds. The molecule has 3 aliphatic carbocycles. The van der Waals surface area contributed by atoms with E-state index in [1.165, 1.54) is 39.0 Å². The Labute approximate surface area is 395 Å². The van der Waals surface area contributed by atoms with E-state index in [9.17, 15) is 52.4 Å². The zero-order valence-electron chi connectivity index (χ0n) is 35.1. The van der Waals surface area contributed by atoms with Gasteiger partial charge in [0.05, 0.1) is 38.7 Å². The van der Waals surface area contributed by atoms with Crippen LogP contribution in [0, 0.1) is 33.0 Å². The van der Waals surface area contributed by atoms with E-state index in [-0.39, 0.29) is 58.7 Å². The molecule has 3 heterocycles. The van der Waals surface area contributed by atoms with Crippen molar-refractivity contribution >= 4 is 76.7 Å². The van der Waals surface area contributed by atoms with Crippen LogP contribution in [0.1, 0.15) is 85.9 Å². The van der Waals surface area contributed by atoms with Gasteiger partial charge < -0.3 is 5.32 Å². The number of carbonyl (C=O) groups is 1. The molecule has 0 spiro atoms. The van der Waals surface area contributed by atoms with Crippen molar-refractivity contribution in [3.63, 3.8) is 0 Å². The fraction of sp³-hybridized carbons (Fsp3) is 0.429. The number of aromatic nitrogens is 5. The van der Waals surface area contributed by atoms with Crippen LogP contribution >= 0.6 is 34.2 Å². The Balaban J connectivity index is 1.34. The van der Waals surface area contributed by atoms with Gasteiger partial charge in [-0.1, -0.05) is 23.6 Å². The lowest BCUT2D eigenvalue weighted by Crippen LogP contribution is -2.35. The number of hydrogen-bond acceptors (Lipinski definition) is 8. The first-order chi connectivity index (χ1) is 31.1. The average Bonchev–Trinajstić information content (AvgIpc) is 4.13. The molecule has 67 heavy (non-hydrogen) atoms. The van der Waals surface area contributed by atoms with E-state index in [0.29, 0.717) is 18.9 Å². The number of nitrogens with zero attached hydrogens (tertiary/aromatic N) is 5. The number of alkyl halides is 7. The van der Waals surface area contributed by atoms with Crippen molar-refractivity contribution < 1.29 is 61.1 Å². The molecule has 3 aliphatic rings. The Morgan fingerprint density at radius 1 is 1.01 bits per heavy atom. The van der Waals surface area contributed by atoms with Gasteiger partial charge in [-0.15, -0.1) is 0 Å². The zero-order chi connectivity index (χ0) is 48.9. The van der Waals surface area contributed by atoms with Crippen molar-refractivity contribution in [2.45, 2.75) is 100 Å². The summed E-state index contributed by atoms with van der Waals surface area (Å²) in [6.07, 6.45) is -8.17. The molecule has 25 heteroatoms. The number of sulfone groups is 1. The molecule has 12 nitrogen and oxygen atoms in total. The van der Waals surface area contributed by atoms with Crippen molar-refractivity contribution in [2.75, 3.05) is 10.5 Å². The summed E-state index contributed by atoms with van der Waals surface area (Å²) >= 11 is 8.42. The van der Waals surface area contributed by atoms with E-state index in [1.54, 1.807) is 0 Å². The van der Waals surface area contributed by atoms with Gasteiger partial charge in [-0.25, -0.2) is 39.4 Å². The topological polar surface area (TPSA) is 158 Å². The number of benzene rings is 2. The minimum absolute atomic E-state index is 0.0330. The van der Waals surface area contributed by atoms with Crippen molar-refractivity contribution in [3.05, 3.63) is 90.5 Å². The first-order valence-corrected chi connectivity index (χ1v) is 25.0. The fourth-order valence-electron chi connectivity index (χ4n) is 8.35. The molecule has 3 atom stereocenters. The summed E-state index contributed by atoms with van der Waals surface area (Å²) in [5.74, 6) is -5.07. The maximum Gasteiger partial charge on any atom is 0.435 e. The summed E-state index contributed by atoms with van der Waals surface area (Å²) in [5, 5.41) is 9.16. The number of sulfonamides is 1. The van der Waals surface area contributed by atoms with E-state index < -0.39 is 132 Å². The van der Waals surface area contributed by atoms with Crippen LogP contribution in [0.5, 0.6) is 0 Å². The monoisotopic (exact) mass is 1120 g/mol. The van der Waals surface area contributed by atoms with Gasteiger partial charge in [0.2, 0.25) is 15.9 Å². The zero-order valence-corrected chi connectivity index (χ0v) is 39.6. The molecule has 1 unspecified atom stereocenters. The summed E-state index contributed by atoms with van der Waals surface area (Å²) in [4.78, 5) is 18.9. The molecule has 2 saturated carbocycles. The highest BCUT2D eigenvalue weighted by Crippen LogP contribution is 2.68. The second-order valence-electron chi connectivity index (χ2n) is 16.9. The fourth-order valence-corrected chi connectivity index (χ4v) is 11.5. The van der Waals surface area contributed by atoms with Crippen molar-refractivity contribution in [1.29, 1.82) is 0 Å². The molecule has 358 valence electrons. The van der Waals surface area contributed by atoms with Gasteiger partial charge in [-0.05, 0) is 111 Å². The normalized spacial score (nSPS) is 18.4. The standard InChI is InChI=1S/C42H36ClF9IN7O5S2/c1-4-66(62,63)58-39-34-27(43)8-7-23(36(34)59(57-39)17-31(46)47)24-16-28(53)29(9-10-40(2,3)67(64,65)22-5-6-22)55-35(24)30(13-19-11-20(44)14-21(45)12-19)54-32(61)18-60-38-33(37(56-60)42(50,51)52)25-15-26(25)41(38,48)49/h7-8,11-12,14,16,22,25-26,30-31H,4-6,13,15,17-18H2,1-3H3,(H,54,61)(H,57,58)/t25-,26?,30-/m0/s1. The Bertz CT molecular complexity index is 3150. The SMILES string of the molecule is CCS(=O)(=O)Nc1nn(CC(F)F)c2c(-c3cc(I)c(C#CC(C)(C)S(=O)(=O)C4CC4)nc3[C@H](Cc3cc(F)cc(F)c3)NC(=O)Cn3nc(C(F)(F)F)c4c3C(F)(F)C3C[C@H]43)ccc(Cl)c12. The molecule has 2 aromatic carbocycles. The number of halogens is 11. The van der Waals surface area contributed by atoms with Crippen molar-refractivity contribution in [2.24, 2.45) is 5.92 Å².